The fourth-order valence-electron chi connectivity index (χ4n) is 2.42. The van der Waals surface area contributed by atoms with E-state index >= 15 is 0 Å². The van der Waals surface area contributed by atoms with E-state index in [9.17, 15) is 19.4 Å². The van der Waals surface area contributed by atoms with Crippen molar-refractivity contribution in [1.82, 2.24) is 14.8 Å². The predicted molar refractivity (Wildman–Crippen MR) is 84.9 cm³/mol. The number of hydrogen-bond donors (Lipinski definition) is 3. The third-order valence-corrected chi connectivity index (χ3v) is 5.17. The van der Waals surface area contributed by atoms with Crippen LogP contribution in [0.4, 0.5) is 0 Å². The minimum absolute atomic E-state index is 0.154. The quantitative estimate of drug-likeness (QED) is 0.581. The zero-order valence-corrected chi connectivity index (χ0v) is 13.9. The third-order valence-electron chi connectivity index (χ3n) is 3.72. The summed E-state index contributed by atoms with van der Waals surface area (Å²) in [5.41, 5.74) is 5.08. The summed E-state index contributed by atoms with van der Waals surface area (Å²) in [5.74, 6) is -0.942. The van der Waals surface area contributed by atoms with Crippen LogP contribution in [0.25, 0.3) is 0 Å². The summed E-state index contributed by atoms with van der Waals surface area (Å²) >= 11 is 0. The third kappa shape index (κ3) is 3.94. The first kappa shape index (κ1) is 17.7. The molecule has 1 aliphatic heterocycles. The highest BCUT2D eigenvalue weighted by atomic mass is 31.2. The number of aromatic nitrogens is 3. The number of nitrogens with zero attached hydrogens (tertiary/aromatic N) is 3. The van der Waals surface area contributed by atoms with Crippen molar-refractivity contribution < 1.29 is 28.6 Å². The van der Waals surface area contributed by atoms with E-state index in [4.69, 9.17) is 15.0 Å². The zero-order chi connectivity index (χ0) is 18.0. The minimum atomic E-state index is -4.01. The van der Waals surface area contributed by atoms with Crippen molar-refractivity contribution in [3.05, 3.63) is 42.5 Å². The fraction of sp³-hybridized carbons (Fsp3) is 0.357. The summed E-state index contributed by atoms with van der Waals surface area (Å²) in [5, 5.41) is 14.1. The van der Waals surface area contributed by atoms with Crippen LogP contribution >= 0.6 is 7.60 Å². The SMILES string of the molecule is NC(=O)c1ncn([C@H]2C[C@H](O)C(COP(=O)(O)c3ccccc3)O2)n1. The molecule has 1 aliphatic rings. The van der Waals surface area contributed by atoms with Crippen LogP contribution in [0.1, 0.15) is 23.3 Å². The molecule has 2 aromatic rings. The van der Waals surface area contributed by atoms with Crippen LogP contribution in [0.2, 0.25) is 0 Å². The number of benzene rings is 1. The number of amides is 1. The fourth-order valence-corrected chi connectivity index (χ4v) is 3.47. The molecule has 1 fully saturated rings. The van der Waals surface area contributed by atoms with E-state index in [1.807, 2.05) is 0 Å². The van der Waals surface area contributed by atoms with Gasteiger partial charge in [0.15, 0.2) is 6.23 Å². The van der Waals surface area contributed by atoms with Crippen LogP contribution in [0.15, 0.2) is 36.7 Å². The van der Waals surface area contributed by atoms with Gasteiger partial charge in [-0.25, -0.2) is 9.67 Å². The lowest BCUT2D eigenvalue weighted by Gasteiger charge is -2.18. The Hall–Kier alpha value is -2.10. The Morgan fingerprint density at radius 1 is 1.44 bits per heavy atom. The smallest absolute Gasteiger partial charge is 0.358 e. The molecule has 25 heavy (non-hydrogen) atoms. The summed E-state index contributed by atoms with van der Waals surface area (Å²) in [6.45, 7) is -0.280. The monoisotopic (exact) mass is 368 g/mol. The lowest BCUT2D eigenvalue weighted by atomic mass is 10.2. The van der Waals surface area contributed by atoms with Gasteiger partial charge in [-0.1, -0.05) is 18.2 Å². The Morgan fingerprint density at radius 2 is 2.16 bits per heavy atom. The van der Waals surface area contributed by atoms with Crippen LogP contribution in [0, 0.1) is 0 Å². The molecule has 0 aliphatic carbocycles. The number of aliphatic hydroxyl groups is 1. The zero-order valence-electron chi connectivity index (χ0n) is 13.0. The summed E-state index contributed by atoms with van der Waals surface area (Å²) in [7, 11) is -4.01. The van der Waals surface area contributed by atoms with E-state index in [-0.39, 0.29) is 24.2 Å². The highest BCUT2D eigenvalue weighted by Crippen LogP contribution is 2.41. The predicted octanol–water partition coefficient (Wildman–Crippen LogP) is -0.447. The van der Waals surface area contributed by atoms with Gasteiger partial charge < -0.3 is 25.0 Å². The average molecular weight is 368 g/mol. The molecule has 11 heteroatoms. The molecular formula is C14H17N4O6P. The number of ether oxygens (including phenoxy) is 1. The lowest BCUT2D eigenvalue weighted by molar-refractivity contribution is -0.0447. The molecule has 0 spiro atoms. The maximum absolute atomic E-state index is 12.2. The summed E-state index contributed by atoms with van der Waals surface area (Å²) in [6, 6.07) is 7.93. The highest BCUT2D eigenvalue weighted by molar-refractivity contribution is 7.61. The lowest BCUT2D eigenvalue weighted by Crippen LogP contribution is -2.26. The molecule has 1 aromatic carbocycles. The van der Waals surface area contributed by atoms with Gasteiger partial charge in [-0.2, -0.15) is 0 Å². The molecule has 1 saturated heterocycles. The largest absolute Gasteiger partial charge is 0.390 e. The molecule has 1 amide bonds. The van der Waals surface area contributed by atoms with Gasteiger partial charge in [-0.3, -0.25) is 9.36 Å². The van der Waals surface area contributed by atoms with E-state index < -0.39 is 31.9 Å². The van der Waals surface area contributed by atoms with Gasteiger partial charge in [0.1, 0.15) is 12.4 Å². The molecule has 0 bridgehead atoms. The Morgan fingerprint density at radius 3 is 2.80 bits per heavy atom. The van der Waals surface area contributed by atoms with Crippen molar-refractivity contribution in [3.63, 3.8) is 0 Å². The van der Waals surface area contributed by atoms with E-state index in [0.717, 1.165) is 0 Å². The normalized spacial score (nSPS) is 25.6. The van der Waals surface area contributed by atoms with Crippen molar-refractivity contribution in [3.8, 4) is 0 Å². The molecule has 4 N–H and O–H groups in total. The molecule has 134 valence electrons. The Labute approximate surface area is 142 Å². The Kier molecular flexibility index (Phi) is 4.98. The molecule has 2 heterocycles. The van der Waals surface area contributed by atoms with Crippen LogP contribution < -0.4 is 11.0 Å². The number of nitrogens with two attached hydrogens (primary N) is 1. The Balaban J connectivity index is 1.62. The molecule has 0 radical (unpaired) electrons. The van der Waals surface area contributed by atoms with Crippen molar-refractivity contribution >= 4 is 18.8 Å². The van der Waals surface area contributed by atoms with E-state index in [2.05, 4.69) is 10.1 Å². The first-order valence-corrected chi connectivity index (χ1v) is 9.02. The minimum Gasteiger partial charge on any atom is -0.390 e. The summed E-state index contributed by atoms with van der Waals surface area (Å²) in [4.78, 5) is 24.8. The second-order valence-electron chi connectivity index (χ2n) is 5.50. The number of aliphatic hydroxyl groups excluding tert-OH is 1. The molecule has 10 nitrogen and oxygen atoms in total. The summed E-state index contributed by atoms with van der Waals surface area (Å²) in [6.07, 6.45) is -1.01. The number of rotatable bonds is 6. The number of carbonyl (C=O) groups is 1. The molecular weight excluding hydrogens is 351 g/mol. The van der Waals surface area contributed by atoms with E-state index in [1.54, 1.807) is 18.2 Å². The first-order valence-electron chi connectivity index (χ1n) is 7.44. The van der Waals surface area contributed by atoms with Crippen molar-refractivity contribution in [2.45, 2.75) is 24.9 Å². The van der Waals surface area contributed by atoms with Crippen molar-refractivity contribution in [2.24, 2.45) is 5.73 Å². The van der Waals surface area contributed by atoms with Gasteiger partial charge in [-0.05, 0) is 12.1 Å². The van der Waals surface area contributed by atoms with Gasteiger partial charge >= 0.3 is 7.60 Å². The second kappa shape index (κ2) is 7.03. The topological polar surface area (TPSA) is 150 Å². The number of primary amides is 1. The maximum atomic E-state index is 12.2. The van der Waals surface area contributed by atoms with E-state index in [0.29, 0.717) is 0 Å². The number of hydrogen-bond acceptors (Lipinski definition) is 7. The van der Waals surface area contributed by atoms with Gasteiger partial charge in [-0.15, -0.1) is 5.10 Å². The van der Waals surface area contributed by atoms with Crippen molar-refractivity contribution in [2.75, 3.05) is 6.61 Å². The van der Waals surface area contributed by atoms with Crippen molar-refractivity contribution in [1.29, 1.82) is 0 Å². The first-order chi connectivity index (χ1) is 11.9. The van der Waals surface area contributed by atoms with Crippen LogP contribution in [0.3, 0.4) is 0 Å². The second-order valence-corrected chi connectivity index (χ2v) is 7.31. The molecule has 0 saturated carbocycles. The number of carbonyl (C=O) groups excluding carboxylic acids is 1. The average Bonchev–Trinajstić information content (AvgIpc) is 3.21. The molecule has 1 aromatic heterocycles. The van der Waals surface area contributed by atoms with E-state index in [1.165, 1.54) is 23.1 Å². The van der Waals surface area contributed by atoms with Crippen LogP contribution in [-0.2, 0) is 13.8 Å². The molecule has 4 atom stereocenters. The standard InChI is InChI=1S/C14H17N4O6P/c15-13(20)14-16-8-18(17-14)12-6-10(19)11(24-12)7-23-25(21,22)9-4-2-1-3-5-9/h1-5,8,10-12,19H,6-7H2,(H2,15,20)(H,21,22)/t10-,11?,12+/m0/s1. The van der Waals surface area contributed by atoms with Crippen LogP contribution in [0.5, 0.6) is 0 Å². The molecule has 2 unspecified atom stereocenters. The van der Waals surface area contributed by atoms with Gasteiger partial charge in [0, 0.05) is 6.42 Å². The highest BCUT2D eigenvalue weighted by Gasteiger charge is 2.37. The van der Waals surface area contributed by atoms with Gasteiger partial charge in [0.05, 0.1) is 18.0 Å². The molecule has 3 rings (SSSR count). The summed E-state index contributed by atoms with van der Waals surface area (Å²) < 4.78 is 24.2. The van der Waals surface area contributed by atoms with Gasteiger partial charge in [0.2, 0.25) is 5.82 Å². The van der Waals surface area contributed by atoms with Gasteiger partial charge in [0.25, 0.3) is 5.91 Å². The Bertz CT molecular complexity index is 798. The van der Waals surface area contributed by atoms with Crippen LogP contribution in [-0.4, -0.2) is 49.5 Å². The maximum Gasteiger partial charge on any atom is 0.358 e.